The molecule has 2 aromatic carbocycles. The highest BCUT2D eigenvalue weighted by Gasteiger charge is 2.20. The maximum Gasteiger partial charge on any atom is 0.337 e. The number of carboxylic acid groups (broad SMARTS) is 2. The number of hydrogen-bond acceptors (Lipinski definition) is 3. The fourth-order valence-corrected chi connectivity index (χ4v) is 1.82. The van der Waals surface area contributed by atoms with Gasteiger partial charge in [-0.05, 0) is 24.3 Å². The molecule has 0 heterocycles. The van der Waals surface area contributed by atoms with Gasteiger partial charge in [-0.3, -0.25) is 4.79 Å². The summed E-state index contributed by atoms with van der Waals surface area (Å²) in [6.45, 7) is 0. The largest absolute Gasteiger partial charge is 0.478 e. The first-order valence-corrected chi connectivity index (χ1v) is 5.96. The fraction of sp³-hybridized carbons (Fsp3) is 0. The number of rotatable bonds is 4. The fourth-order valence-electron chi connectivity index (χ4n) is 1.82. The van der Waals surface area contributed by atoms with Crippen LogP contribution in [-0.2, 0) is 0 Å². The van der Waals surface area contributed by atoms with Gasteiger partial charge in [-0.25, -0.2) is 9.59 Å². The first-order chi connectivity index (χ1) is 10.0. The van der Waals surface area contributed by atoms with E-state index in [1.807, 2.05) is 0 Å². The lowest BCUT2D eigenvalue weighted by Gasteiger charge is -2.11. The van der Waals surface area contributed by atoms with E-state index in [4.69, 9.17) is 10.2 Å². The minimum atomic E-state index is -1.32. The topological polar surface area (TPSA) is 104 Å². The molecule has 6 nitrogen and oxygen atoms in total. The highest BCUT2D eigenvalue weighted by Crippen LogP contribution is 2.22. The summed E-state index contributed by atoms with van der Waals surface area (Å²) in [6.07, 6.45) is 0. The van der Waals surface area contributed by atoms with Crippen molar-refractivity contribution in [2.45, 2.75) is 0 Å². The molecule has 3 N–H and O–H groups in total. The highest BCUT2D eigenvalue weighted by molar-refractivity contribution is 6.12. The number of benzene rings is 2. The minimum Gasteiger partial charge on any atom is -0.478 e. The Morgan fingerprint density at radius 2 is 1.29 bits per heavy atom. The van der Waals surface area contributed by atoms with Gasteiger partial charge in [-0.15, -0.1) is 0 Å². The molecule has 106 valence electrons. The molecule has 0 spiro atoms. The summed E-state index contributed by atoms with van der Waals surface area (Å²) in [7, 11) is 0. The number of para-hydroxylation sites is 1. The van der Waals surface area contributed by atoms with Gasteiger partial charge in [0.15, 0.2) is 0 Å². The molecule has 0 radical (unpaired) electrons. The number of carbonyl (C=O) groups excluding carboxylic acids is 1. The van der Waals surface area contributed by atoms with Crippen LogP contribution in [0, 0.1) is 0 Å². The van der Waals surface area contributed by atoms with E-state index in [9.17, 15) is 14.4 Å². The molecule has 21 heavy (non-hydrogen) atoms. The smallest absolute Gasteiger partial charge is 0.337 e. The molecule has 6 heteroatoms. The van der Waals surface area contributed by atoms with Crippen LogP contribution in [-0.4, -0.2) is 28.1 Å². The van der Waals surface area contributed by atoms with E-state index < -0.39 is 17.8 Å². The van der Waals surface area contributed by atoms with Crippen molar-refractivity contribution in [3.63, 3.8) is 0 Å². The number of hydrogen-bond donors (Lipinski definition) is 3. The summed E-state index contributed by atoms with van der Waals surface area (Å²) >= 11 is 0. The number of nitrogens with one attached hydrogen (secondary N) is 1. The van der Waals surface area contributed by atoms with E-state index in [0.717, 1.165) is 0 Å². The van der Waals surface area contributed by atoms with Crippen LogP contribution < -0.4 is 5.32 Å². The molecule has 0 bridgehead atoms. The number of amides is 1. The predicted octanol–water partition coefficient (Wildman–Crippen LogP) is 2.34. The highest BCUT2D eigenvalue weighted by atomic mass is 16.4. The molecule has 1 amide bonds. The lowest BCUT2D eigenvalue weighted by molar-refractivity contribution is 0.0696. The molecule has 2 rings (SSSR count). The second kappa shape index (κ2) is 5.87. The van der Waals surface area contributed by atoms with E-state index in [0.29, 0.717) is 5.56 Å². The van der Waals surface area contributed by atoms with Gasteiger partial charge in [0.1, 0.15) is 0 Å². The minimum absolute atomic E-state index is 0.230. The molecule has 0 aliphatic rings. The van der Waals surface area contributed by atoms with Gasteiger partial charge in [0.25, 0.3) is 5.91 Å². The molecule has 0 aliphatic heterocycles. The van der Waals surface area contributed by atoms with Gasteiger partial charge in [0.05, 0.1) is 16.8 Å². The number of anilines is 1. The zero-order valence-electron chi connectivity index (χ0n) is 10.7. The van der Waals surface area contributed by atoms with Crippen molar-refractivity contribution >= 4 is 23.5 Å². The van der Waals surface area contributed by atoms with Gasteiger partial charge in [0, 0.05) is 5.56 Å². The monoisotopic (exact) mass is 285 g/mol. The number of carboxylic acids is 2. The summed E-state index contributed by atoms with van der Waals surface area (Å²) in [5.74, 6) is -3.21. The van der Waals surface area contributed by atoms with Crippen LogP contribution in [0.3, 0.4) is 0 Å². The molecule has 0 saturated heterocycles. The zero-order chi connectivity index (χ0) is 15.4. The van der Waals surface area contributed by atoms with Gasteiger partial charge in [-0.2, -0.15) is 0 Å². The van der Waals surface area contributed by atoms with Gasteiger partial charge >= 0.3 is 11.9 Å². The quantitative estimate of drug-likeness (QED) is 0.799. The summed E-state index contributed by atoms with van der Waals surface area (Å²) in [5, 5.41) is 20.6. The standard InChI is InChI=1S/C15H11NO5/c17-13(9-5-2-1-3-6-9)16-12-10(14(18)19)7-4-8-11(12)15(20)21/h1-8H,(H,16,17)(H,18,19)(H,20,21). The molecule has 0 aliphatic carbocycles. The van der Waals surface area contributed by atoms with Crippen LogP contribution in [0.4, 0.5) is 5.69 Å². The Hall–Kier alpha value is -3.15. The van der Waals surface area contributed by atoms with E-state index in [1.165, 1.54) is 18.2 Å². The Morgan fingerprint density at radius 3 is 1.76 bits per heavy atom. The third-order valence-electron chi connectivity index (χ3n) is 2.80. The molecule has 2 aromatic rings. The Bertz CT molecular complexity index is 677. The third-order valence-corrected chi connectivity index (χ3v) is 2.80. The second-order valence-corrected chi connectivity index (χ2v) is 4.16. The molecule has 0 saturated carbocycles. The maximum absolute atomic E-state index is 12.1. The van der Waals surface area contributed by atoms with Crippen molar-refractivity contribution < 1.29 is 24.6 Å². The van der Waals surface area contributed by atoms with Gasteiger partial charge in [0.2, 0.25) is 0 Å². The molecule has 0 aromatic heterocycles. The Kier molecular flexibility index (Phi) is 3.99. The van der Waals surface area contributed by atoms with E-state index in [2.05, 4.69) is 5.32 Å². The van der Waals surface area contributed by atoms with Crippen molar-refractivity contribution in [3.05, 3.63) is 65.2 Å². The average Bonchev–Trinajstić information content (AvgIpc) is 2.47. The number of carbonyl (C=O) groups is 3. The van der Waals surface area contributed by atoms with Crippen LogP contribution >= 0.6 is 0 Å². The molecule has 0 atom stereocenters. The summed E-state index contributed by atoms with van der Waals surface area (Å²) in [6, 6.07) is 11.9. The summed E-state index contributed by atoms with van der Waals surface area (Å²) in [4.78, 5) is 34.4. The van der Waals surface area contributed by atoms with E-state index in [1.54, 1.807) is 30.3 Å². The predicted molar refractivity (Wildman–Crippen MR) is 74.8 cm³/mol. The zero-order valence-corrected chi connectivity index (χ0v) is 10.7. The Balaban J connectivity index is 2.45. The van der Waals surface area contributed by atoms with Crippen LogP contribution in [0.2, 0.25) is 0 Å². The van der Waals surface area contributed by atoms with Crippen molar-refractivity contribution in [2.24, 2.45) is 0 Å². The summed E-state index contributed by atoms with van der Waals surface area (Å²) < 4.78 is 0. The molecular weight excluding hydrogens is 274 g/mol. The first-order valence-electron chi connectivity index (χ1n) is 5.96. The normalized spacial score (nSPS) is 9.90. The molecule has 0 unspecified atom stereocenters. The van der Waals surface area contributed by atoms with Crippen molar-refractivity contribution in [3.8, 4) is 0 Å². The lowest BCUT2D eigenvalue weighted by atomic mass is 10.1. The molecular formula is C15H11NO5. The Morgan fingerprint density at radius 1 is 0.762 bits per heavy atom. The summed E-state index contributed by atoms with van der Waals surface area (Å²) in [5.41, 5.74) is -0.487. The van der Waals surface area contributed by atoms with Gasteiger partial charge < -0.3 is 15.5 Å². The van der Waals surface area contributed by atoms with Crippen LogP contribution in [0.15, 0.2) is 48.5 Å². The number of aromatic carboxylic acids is 2. The van der Waals surface area contributed by atoms with Crippen LogP contribution in [0.5, 0.6) is 0 Å². The average molecular weight is 285 g/mol. The van der Waals surface area contributed by atoms with Crippen LogP contribution in [0.25, 0.3) is 0 Å². The molecule has 0 fully saturated rings. The Labute approximate surface area is 119 Å². The lowest BCUT2D eigenvalue weighted by Crippen LogP contribution is -2.18. The van der Waals surface area contributed by atoms with E-state index in [-0.39, 0.29) is 16.8 Å². The first kappa shape index (κ1) is 14.3. The van der Waals surface area contributed by atoms with Crippen LogP contribution in [0.1, 0.15) is 31.1 Å². The third kappa shape index (κ3) is 3.06. The van der Waals surface area contributed by atoms with E-state index >= 15 is 0 Å². The van der Waals surface area contributed by atoms with Gasteiger partial charge in [-0.1, -0.05) is 24.3 Å². The maximum atomic E-state index is 12.1. The SMILES string of the molecule is O=C(Nc1c(C(=O)O)cccc1C(=O)O)c1ccccc1. The van der Waals surface area contributed by atoms with Crippen molar-refractivity contribution in [1.29, 1.82) is 0 Å². The van der Waals surface area contributed by atoms with Crippen molar-refractivity contribution in [2.75, 3.05) is 5.32 Å². The van der Waals surface area contributed by atoms with Crippen molar-refractivity contribution in [1.82, 2.24) is 0 Å². The second-order valence-electron chi connectivity index (χ2n) is 4.16.